The van der Waals surface area contributed by atoms with Crippen molar-refractivity contribution in [1.29, 1.82) is 0 Å². The quantitative estimate of drug-likeness (QED) is 0.569. The van der Waals surface area contributed by atoms with Crippen LogP contribution in [0.3, 0.4) is 0 Å². The molecule has 3 rings (SSSR count). The van der Waals surface area contributed by atoms with Crippen molar-refractivity contribution in [2.45, 2.75) is 58.8 Å². The number of hydrogen-bond donors (Lipinski definition) is 0. The zero-order valence-corrected chi connectivity index (χ0v) is 14.4. The molecular weight excluding hydrogens is 276 g/mol. The molecule has 0 aromatic heterocycles. The summed E-state index contributed by atoms with van der Waals surface area (Å²) in [6.45, 7) is 3.94. The molecule has 0 saturated heterocycles. The molecule has 0 nitrogen and oxygen atoms in total. The lowest BCUT2D eigenvalue weighted by Gasteiger charge is -2.27. The van der Waals surface area contributed by atoms with Crippen molar-refractivity contribution >= 4 is 0 Å². The molecule has 0 bridgehead atoms. The van der Waals surface area contributed by atoms with Gasteiger partial charge in [-0.15, -0.1) is 0 Å². The molecule has 0 unspecified atom stereocenters. The van der Waals surface area contributed by atoms with Crippen LogP contribution in [0.2, 0.25) is 0 Å². The van der Waals surface area contributed by atoms with Crippen LogP contribution in [0.25, 0.3) is 11.1 Å². The molecule has 0 atom stereocenters. The van der Waals surface area contributed by atoms with Gasteiger partial charge in [-0.2, -0.15) is 0 Å². The van der Waals surface area contributed by atoms with Gasteiger partial charge in [0.2, 0.25) is 0 Å². The van der Waals surface area contributed by atoms with Gasteiger partial charge in [0.1, 0.15) is 0 Å². The Kier molecular flexibility index (Phi) is 4.04. The summed E-state index contributed by atoms with van der Waals surface area (Å²) in [5, 5.41) is 0. The van der Waals surface area contributed by atoms with E-state index in [0.29, 0.717) is 11.1 Å². The van der Waals surface area contributed by atoms with Crippen LogP contribution in [0, 0.1) is 18.8 Å². The maximum Gasteiger partial charge on any atom is 0.0629 e. The van der Waals surface area contributed by atoms with Crippen LogP contribution >= 0.6 is 0 Å². The van der Waals surface area contributed by atoms with Gasteiger partial charge >= 0.3 is 0 Å². The molecule has 0 N–H and O–H groups in total. The monoisotopic (exact) mass is 310 g/mol. The molecule has 0 spiro atoms. The van der Waals surface area contributed by atoms with Gasteiger partial charge in [-0.25, -0.2) is 0 Å². The minimum atomic E-state index is 0.0499. The SMILES string of the molecule is [2H]c1c([2H])c(-c2ccc(CCC3CCC(CC)CC3)cc2)c([2H])c([2H])c1C. The molecule has 1 fully saturated rings. The molecule has 0 heterocycles. The molecule has 1 aliphatic carbocycles. The first-order valence-electron chi connectivity index (χ1n) is 11.1. The topological polar surface area (TPSA) is 0 Å². The van der Waals surface area contributed by atoms with Crippen molar-refractivity contribution in [1.82, 2.24) is 0 Å². The Morgan fingerprint density at radius 2 is 1.48 bits per heavy atom. The number of hydrogen-bond acceptors (Lipinski definition) is 0. The largest absolute Gasteiger partial charge is 0.0651 e. The molecule has 0 heteroatoms. The van der Waals surface area contributed by atoms with Crippen LogP contribution in [0.1, 0.15) is 62.1 Å². The second-order valence-corrected chi connectivity index (χ2v) is 7.03. The van der Waals surface area contributed by atoms with Gasteiger partial charge in [-0.05, 0) is 48.3 Å². The van der Waals surface area contributed by atoms with E-state index in [1.54, 1.807) is 6.92 Å². The van der Waals surface area contributed by atoms with Crippen LogP contribution in [0.5, 0.6) is 0 Å². The Balaban J connectivity index is 1.70. The third kappa shape index (κ3) is 4.47. The predicted molar refractivity (Wildman–Crippen MR) is 101 cm³/mol. The zero-order chi connectivity index (χ0) is 19.6. The number of benzene rings is 2. The standard InChI is InChI=1S/C23H30/c1-3-19-6-8-20(9-7-19)10-11-21-12-16-23(17-13-21)22-14-4-18(2)5-15-22/h4-5,12-17,19-20H,3,6-11H2,1-2H3/i4D,5D,14D,15D. The van der Waals surface area contributed by atoms with Crippen molar-refractivity contribution in [2.75, 3.05) is 0 Å². The highest BCUT2D eigenvalue weighted by atomic mass is 14.2. The predicted octanol–water partition coefficient (Wildman–Crippen LogP) is 6.81. The van der Waals surface area contributed by atoms with Crippen LogP contribution in [0.15, 0.2) is 48.4 Å². The molecule has 0 amide bonds. The Bertz CT molecular complexity index is 758. The third-order valence-electron chi connectivity index (χ3n) is 5.38. The smallest absolute Gasteiger partial charge is 0.0629 e. The molecular formula is C23H30. The van der Waals surface area contributed by atoms with E-state index in [-0.39, 0.29) is 24.2 Å². The first kappa shape index (κ1) is 11.9. The van der Waals surface area contributed by atoms with Gasteiger partial charge in [-0.1, -0.05) is 93.0 Å². The van der Waals surface area contributed by atoms with E-state index < -0.39 is 0 Å². The molecule has 1 aliphatic rings. The van der Waals surface area contributed by atoms with Gasteiger partial charge in [-0.3, -0.25) is 0 Å². The summed E-state index contributed by atoms with van der Waals surface area (Å²) in [6, 6.07) is 8.27. The Morgan fingerprint density at radius 1 is 0.870 bits per heavy atom. The van der Waals surface area contributed by atoms with Crippen molar-refractivity contribution in [2.24, 2.45) is 11.8 Å². The third-order valence-corrected chi connectivity index (χ3v) is 5.38. The molecule has 1 saturated carbocycles. The van der Waals surface area contributed by atoms with E-state index in [1.807, 2.05) is 12.1 Å². The van der Waals surface area contributed by atoms with Gasteiger partial charge < -0.3 is 0 Å². The first-order valence-corrected chi connectivity index (χ1v) is 9.08. The van der Waals surface area contributed by atoms with Crippen molar-refractivity contribution in [3.8, 4) is 11.1 Å². The second-order valence-electron chi connectivity index (χ2n) is 7.03. The van der Waals surface area contributed by atoms with E-state index in [2.05, 4.69) is 19.1 Å². The fourth-order valence-electron chi connectivity index (χ4n) is 3.66. The molecule has 2 aromatic rings. The number of rotatable bonds is 5. The van der Waals surface area contributed by atoms with E-state index >= 15 is 0 Å². The van der Waals surface area contributed by atoms with Crippen molar-refractivity contribution in [3.63, 3.8) is 0 Å². The van der Waals surface area contributed by atoms with Crippen LogP contribution < -0.4 is 0 Å². The summed E-state index contributed by atoms with van der Waals surface area (Å²) in [5.41, 5.74) is 2.86. The summed E-state index contributed by atoms with van der Waals surface area (Å²) < 4.78 is 32.5. The second kappa shape index (κ2) is 7.81. The highest BCUT2D eigenvalue weighted by Gasteiger charge is 2.19. The summed E-state index contributed by atoms with van der Waals surface area (Å²) in [7, 11) is 0. The first-order chi connectivity index (χ1) is 12.9. The maximum absolute atomic E-state index is 8.22. The van der Waals surface area contributed by atoms with Gasteiger partial charge in [0.15, 0.2) is 0 Å². The minimum absolute atomic E-state index is 0.0499. The van der Waals surface area contributed by atoms with Crippen LogP contribution in [-0.4, -0.2) is 0 Å². The summed E-state index contributed by atoms with van der Waals surface area (Å²) in [4.78, 5) is 0. The van der Waals surface area contributed by atoms with Crippen LogP contribution in [-0.2, 0) is 6.42 Å². The van der Waals surface area contributed by atoms with Crippen LogP contribution in [0.4, 0.5) is 0 Å². The Morgan fingerprint density at radius 3 is 2.09 bits per heavy atom. The Hall–Kier alpha value is -1.56. The van der Waals surface area contributed by atoms with E-state index in [1.165, 1.54) is 44.1 Å². The van der Waals surface area contributed by atoms with E-state index in [9.17, 15) is 0 Å². The Labute approximate surface area is 147 Å². The fraction of sp³-hybridized carbons (Fsp3) is 0.478. The highest BCUT2D eigenvalue weighted by molar-refractivity contribution is 5.63. The van der Waals surface area contributed by atoms with Gasteiger partial charge in [0, 0.05) is 0 Å². The summed E-state index contributed by atoms with van der Waals surface area (Å²) in [5.74, 6) is 1.79. The average molecular weight is 311 g/mol. The highest BCUT2D eigenvalue weighted by Crippen LogP contribution is 2.33. The lowest BCUT2D eigenvalue weighted by Crippen LogP contribution is -2.14. The summed E-state index contributed by atoms with van der Waals surface area (Å²) in [6.07, 6.45) is 9.13. The number of aryl methyl sites for hydroxylation is 1. The van der Waals surface area contributed by atoms with Crippen molar-refractivity contribution < 1.29 is 5.48 Å². The summed E-state index contributed by atoms with van der Waals surface area (Å²) >= 11 is 0. The van der Waals surface area contributed by atoms with E-state index in [4.69, 9.17) is 5.48 Å². The average Bonchev–Trinajstić information content (AvgIpc) is 2.70. The molecule has 0 radical (unpaired) electrons. The van der Waals surface area contributed by atoms with Gasteiger partial charge in [0.25, 0.3) is 0 Å². The molecule has 23 heavy (non-hydrogen) atoms. The van der Waals surface area contributed by atoms with Gasteiger partial charge in [0.05, 0.1) is 5.48 Å². The maximum atomic E-state index is 8.22. The van der Waals surface area contributed by atoms with E-state index in [0.717, 1.165) is 23.8 Å². The lowest BCUT2D eigenvalue weighted by molar-refractivity contribution is 0.259. The zero-order valence-electron chi connectivity index (χ0n) is 18.4. The molecule has 0 aliphatic heterocycles. The minimum Gasteiger partial charge on any atom is -0.0651 e. The molecule has 122 valence electrons. The fourth-order valence-corrected chi connectivity index (χ4v) is 3.66. The molecule has 2 aromatic carbocycles. The normalized spacial score (nSPS) is 23.7. The van der Waals surface area contributed by atoms with Crippen molar-refractivity contribution in [3.05, 3.63) is 59.6 Å². The lowest BCUT2D eigenvalue weighted by atomic mass is 9.78.